The van der Waals surface area contributed by atoms with Crippen LogP contribution in [0.1, 0.15) is 32.8 Å². The third kappa shape index (κ3) is 4.27. The average Bonchev–Trinajstić information content (AvgIpc) is 2.30. The molecule has 1 aromatic rings. The first-order valence-corrected chi connectivity index (χ1v) is 7.47. The topological polar surface area (TPSA) is 66.4 Å². The molecule has 0 amide bonds. The van der Waals surface area contributed by atoms with Crippen molar-refractivity contribution in [1.82, 2.24) is 0 Å². The first-order chi connectivity index (χ1) is 8.78. The third-order valence-corrected chi connectivity index (χ3v) is 4.54. The first-order valence-electron chi connectivity index (χ1n) is 5.99. The monoisotopic (exact) mass is 281 g/mol. The molecular formula is C14H19NO3S. The van der Waals surface area contributed by atoms with Crippen LogP contribution in [0.2, 0.25) is 0 Å². The summed E-state index contributed by atoms with van der Waals surface area (Å²) < 4.78 is 25.9. The van der Waals surface area contributed by atoms with Crippen molar-refractivity contribution in [1.29, 1.82) is 0 Å². The molecule has 0 bridgehead atoms. The Morgan fingerprint density at radius 1 is 1.26 bits per heavy atom. The molecule has 0 atom stereocenters. The van der Waals surface area contributed by atoms with E-state index in [1.807, 2.05) is 0 Å². The van der Waals surface area contributed by atoms with Gasteiger partial charge in [-0.2, -0.15) is 0 Å². The fourth-order valence-corrected chi connectivity index (χ4v) is 1.97. The summed E-state index contributed by atoms with van der Waals surface area (Å²) in [5.41, 5.74) is 1.06. The van der Waals surface area contributed by atoms with E-state index in [1.54, 1.807) is 45.0 Å². The molecule has 0 saturated heterocycles. The lowest BCUT2D eigenvalue weighted by molar-refractivity contribution is 0.305. The highest BCUT2D eigenvalue weighted by Crippen LogP contribution is 2.21. The summed E-state index contributed by atoms with van der Waals surface area (Å²) in [5, 5.41) is 8.69. The van der Waals surface area contributed by atoms with E-state index in [9.17, 15) is 8.42 Å². The summed E-state index contributed by atoms with van der Waals surface area (Å²) in [6.45, 7) is 4.89. The van der Waals surface area contributed by atoms with Gasteiger partial charge in [0.1, 0.15) is 0 Å². The lowest BCUT2D eigenvalue weighted by atomic mass is 10.2. The van der Waals surface area contributed by atoms with E-state index < -0.39 is 14.8 Å². The second-order valence-corrected chi connectivity index (χ2v) is 7.47. The van der Waals surface area contributed by atoms with Gasteiger partial charge in [-0.05, 0) is 32.9 Å². The second kappa shape index (κ2) is 6.09. The number of sulfonamides is 1. The largest absolute Gasteiger partial charge is 0.395 e. The minimum absolute atomic E-state index is 0.0110. The van der Waals surface area contributed by atoms with Crippen molar-refractivity contribution in [2.75, 3.05) is 11.3 Å². The predicted molar refractivity (Wildman–Crippen MR) is 77.3 cm³/mol. The van der Waals surface area contributed by atoms with Crippen molar-refractivity contribution in [2.24, 2.45) is 0 Å². The minimum Gasteiger partial charge on any atom is -0.395 e. The first kappa shape index (κ1) is 15.5. The molecule has 0 aliphatic heterocycles. The number of para-hydroxylation sites is 1. The lowest BCUT2D eigenvalue weighted by Gasteiger charge is -2.21. The number of anilines is 1. The summed E-state index contributed by atoms with van der Waals surface area (Å²) >= 11 is 0. The van der Waals surface area contributed by atoms with E-state index in [2.05, 4.69) is 16.6 Å². The molecule has 0 aromatic heterocycles. The van der Waals surface area contributed by atoms with Gasteiger partial charge in [0, 0.05) is 12.0 Å². The van der Waals surface area contributed by atoms with E-state index in [-0.39, 0.29) is 6.61 Å². The second-order valence-electron chi connectivity index (χ2n) is 5.04. The van der Waals surface area contributed by atoms with Crippen molar-refractivity contribution in [3.63, 3.8) is 0 Å². The molecule has 1 aromatic carbocycles. The molecular weight excluding hydrogens is 262 g/mol. The normalized spacial score (nSPS) is 11.6. The molecule has 0 unspecified atom stereocenters. The number of aliphatic hydroxyl groups excluding tert-OH is 1. The third-order valence-electron chi connectivity index (χ3n) is 2.44. The van der Waals surface area contributed by atoms with E-state index in [0.717, 1.165) is 0 Å². The highest BCUT2D eigenvalue weighted by atomic mass is 32.2. The molecule has 0 aliphatic carbocycles. The molecule has 0 radical (unpaired) electrons. The Bertz CT molecular complexity index is 589. The van der Waals surface area contributed by atoms with Crippen LogP contribution >= 0.6 is 0 Å². The van der Waals surface area contributed by atoms with E-state index in [1.165, 1.54) is 0 Å². The van der Waals surface area contributed by atoms with Gasteiger partial charge in [0.15, 0.2) is 0 Å². The Kier molecular flexibility index (Phi) is 4.98. The Morgan fingerprint density at radius 2 is 1.89 bits per heavy atom. The minimum atomic E-state index is -3.47. The Morgan fingerprint density at radius 3 is 2.47 bits per heavy atom. The SMILES string of the molecule is CC(C)(C)S(=O)(=O)Nc1ccccc1C#CCCO. The summed E-state index contributed by atoms with van der Waals surface area (Å²) in [4.78, 5) is 0. The van der Waals surface area contributed by atoms with Gasteiger partial charge < -0.3 is 5.11 Å². The van der Waals surface area contributed by atoms with Crippen LogP contribution in [0.4, 0.5) is 5.69 Å². The van der Waals surface area contributed by atoms with Crippen LogP contribution in [0.15, 0.2) is 24.3 Å². The summed E-state index contributed by atoms with van der Waals surface area (Å²) in [7, 11) is -3.47. The number of benzene rings is 1. The van der Waals surface area contributed by atoms with Crippen LogP contribution in [0, 0.1) is 11.8 Å². The summed E-state index contributed by atoms with van der Waals surface area (Å²) in [6, 6.07) is 6.95. The van der Waals surface area contributed by atoms with Gasteiger partial charge in [-0.25, -0.2) is 8.42 Å². The molecule has 0 saturated carbocycles. The van der Waals surface area contributed by atoms with E-state index >= 15 is 0 Å². The van der Waals surface area contributed by atoms with Gasteiger partial charge >= 0.3 is 0 Å². The average molecular weight is 281 g/mol. The molecule has 0 spiro atoms. The van der Waals surface area contributed by atoms with Crippen LogP contribution in [0.5, 0.6) is 0 Å². The fraction of sp³-hybridized carbons (Fsp3) is 0.429. The zero-order valence-corrected chi connectivity index (χ0v) is 12.2. The van der Waals surface area contributed by atoms with Crippen molar-refractivity contribution < 1.29 is 13.5 Å². The Balaban J connectivity index is 3.07. The molecule has 104 valence electrons. The van der Waals surface area contributed by atoms with Gasteiger partial charge in [-0.3, -0.25) is 4.72 Å². The zero-order valence-electron chi connectivity index (χ0n) is 11.4. The maximum absolute atomic E-state index is 12.1. The summed E-state index contributed by atoms with van der Waals surface area (Å²) in [5.74, 6) is 5.63. The molecule has 0 fully saturated rings. The molecule has 2 N–H and O–H groups in total. The maximum Gasteiger partial charge on any atom is 0.237 e. The van der Waals surface area contributed by atoms with Crippen molar-refractivity contribution in [3.8, 4) is 11.8 Å². The van der Waals surface area contributed by atoms with Crippen LogP contribution < -0.4 is 4.72 Å². The van der Waals surface area contributed by atoms with Crippen LogP contribution in [0.25, 0.3) is 0 Å². The van der Waals surface area contributed by atoms with Crippen molar-refractivity contribution in [2.45, 2.75) is 31.9 Å². The molecule has 1 rings (SSSR count). The molecule has 0 heterocycles. The molecule has 19 heavy (non-hydrogen) atoms. The number of hydrogen-bond donors (Lipinski definition) is 2. The highest BCUT2D eigenvalue weighted by molar-refractivity contribution is 7.94. The number of aliphatic hydroxyl groups is 1. The fourth-order valence-electron chi connectivity index (χ4n) is 1.19. The van der Waals surface area contributed by atoms with Gasteiger partial charge in [-0.1, -0.05) is 24.0 Å². The van der Waals surface area contributed by atoms with Crippen LogP contribution in [-0.2, 0) is 10.0 Å². The summed E-state index contributed by atoms with van der Waals surface area (Å²) in [6.07, 6.45) is 0.361. The predicted octanol–water partition coefficient (Wildman–Crippen LogP) is 1.96. The number of nitrogens with one attached hydrogen (secondary N) is 1. The standard InChI is InChI=1S/C14H19NO3S/c1-14(2,3)19(17,18)15-13-10-5-4-8-12(13)9-6-7-11-16/h4-5,8,10,15-16H,7,11H2,1-3H3. The van der Waals surface area contributed by atoms with E-state index in [4.69, 9.17) is 5.11 Å². The van der Waals surface area contributed by atoms with Gasteiger partial charge in [-0.15, -0.1) is 0 Å². The van der Waals surface area contributed by atoms with Gasteiger partial charge in [0.2, 0.25) is 10.0 Å². The van der Waals surface area contributed by atoms with Gasteiger partial charge in [0.05, 0.1) is 17.0 Å². The molecule has 4 nitrogen and oxygen atoms in total. The number of hydrogen-bond acceptors (Lipinski definition) is 3. The quantitative estimate of drug-likeness (QED) is 0.832. The lowest BCUT2D eigenvalue weighted by Crippen LogP contribution is -2.33. The smallest absolute Gasteiger partial charge is 0.237 e. The molecule has 5 heteroatoms. The van der Waals surface area contributed by atoms with E-state index in [0.29, 0.717) is 17.7 Å². The number of rotatable bonds is 3. The van der Waals surface area contributed by atoms with Crippen LogP contribution in [0.3, 0.4) is 0 Å². The van der Waals surface area contributed by atoms with Crippen LogP contribution in [-0.4, -0.2) is 24.9 Å². The van der Waals surface area contributed by atoms with Gasteiger partial charge in [0.25, 0.3) is 0 Å². The zero-order chi connectivity index (χ0) is 14.5. The molecule has 0 aliphatic rings. The van der Waals surface area contributed by atoms with Crippen molar-refractivity contribution in [3.05, 3.63) is 29.8 Å². The highest BCUT2D eigenvalue weighted by Gasteiger charge is 2.29. The maximum atomic E-state index is 12.1. The van der Waals surface area contributed by atoms with Crippen molar-refractivity contribution >= 4 is 15.7 Å². The Labute approximate surface area is 114 Å². The Hall–Kier alpha value is -1.51.